The van der Waals surface area contributed by atoms with Gasteiger partial charge in [0.2, 0.25) is 0 Å². The maximum absolute atomic E-state index is 3.16. The highest BCUT2D eigenvalue weighted by molar-refractivity contribution is 4.80. The van der Waals surface area contributed by atoms with Crippen LogP contribution >= 0.6 is 0 Å². The molecule has 10 heavy (non-hydrogen) atoms. The number of nitrogens with zero attached hydrogens (tertiary/aromatic N) is 1. The fraction of sp³-hybridized carbons (Fsp3) is 1.00. The largest absolute Gasteiger partial charge is 0.318 e. The molecule has 0 aromatic carbocycles. The normalized spacial score (nSPS) is 24.6. The molecule has 0 bridgehead atoms. The summed E-state index contributed by atoms with van der Waals surface area (Å²) >= 11 is 0. The number of hydrogen-bond acceptors (Lipinski definition) is 2. The number of nitrogens with one attached hydrogen (secondary N) is 1. The van der Waals surface area contributed by atoms with Crippen molar-refractivity contribution in [2.45, 2.75) is 26.3 Å². The van der Waals surface area contributed by atoms with E-state index in [1.54, 1.807) is 0 Å². The van der Waals surface area contributed by atoms with Crippen molar-refractivity contribution in [1.29, 1.82) is 0 Å². The Hall–Kier alpha value is -0.0800. The SMILES string of the molecule is CC.CNCC1CCN1C. The fourth-order valence-corrected chi connectivity index (χ4v) is 1.06. The van der Waals surface area contributed by atoms with E-state index in [0.29, 0.717) is 0 Å². The van der Waals surface area contributed by atoms with Gasteiger partial charge in [-0.25, -0.2) is 0 Å². The van der Waals surface area contributed by atoms with Crippen molar-refractivity contribution in [3.63, 3.8) is 0 Å². The number of likely N-dealkylation sites (tertiary alicyclic amines) is 1. The van der Waals surface area contributed by atoms with Crippen LogP contribution in [-0.2, 0) is 0 Å². The van der Waals surface area contributed by atoms with Crippen LogP contribution in [0.25, 0.3) is 0 Å². The van der Waals surface area contributed by atoms with Crippen molar-refractivity contribution in [2.75, 3.05) is 27.2 Å². The molecule has 2 nitrogen and oxygen atoms in total. The molecule has 1 aliphatic rings. The molecule has 2 heteroatoms. The van der Waals surface area contributed by atoms with Gasteiger partial charge in [-0.05, 0) is 27.1 Å². The maximum atomic E-state index is 3.16. The third kappa shape index (κ3) is 2.67. The first-order chi connectivity index (χ1) is 4.84. The van der Waals surface area contributed by atoms with Crippen LogP contribution in [0.4, 0.5) is 0 Å². The minimum atomic E-state index is 0.819. The average molecular weight is 144 g/mol. The van der Waals surface area contributed by atoms with Crippen LogP contribution in [0.15, 0.2) is 0 Å². The molecule has 0 aromatic rings. The summed E-state index contributed by atoms with van der Waals surface area (Å²) in [6, 6.07) is 0.819. The summed E-state index contributed by atoms with van der Waals surface area (Å²) in [6.45, 7) is 6.43. The molecule has 1 N–H and O–H groups in total. The molecule has 0 amide bonds. The van der Waals surface area contributed by atoms with Crippen LogP contribution in [0.5, 0.6) is 0 Å². The Morgan fingerprint density at radius 2 is 2.10 bits per heavy atom. The van der Waals surface area contributed by atoms with Crippen LogP contribution < -0.4 is 5.32 Å². The van der Waals surface area contributed by atoms with Gasteiger partial charge in [0.15, 0.2) is 0 Å². The molecule has 0 spiro atoms. The predicted octanol–water partition coefficient (Wildman–Crippen LogP) is 0.936. The van der Waals surface area contributed by atoms with E-state index in [4.69, 9.17) is 0 Å². The molecule has 1 rings (SSSR count). The van der Waals surface area contributed by atoms with Crippen molar-refractivity contribution >= 4 is 0 Å². The van der Waals surface area contributed by atoms with Gasteiger partial charge >= 0.3 is 0 Å². The summed E-state index contributed by atoms with van der Waals surface area (Å²) in [7, 11) is 4.18. The minimum Gasteiger partial charge on any atom is -0.318 e. The third-order valence-electron chi connectivity index (χ3n) is 1.88. The molecule has 0 aromatic heterocycles. The van der Waals surface area contributed by atoms with Gasteiger partial charge < -0.3 is 10.2 Å². The molecule has 1 unspecified atom stereocenters. The average Bonchev–Trinajstić information content (AvgIpc) is 2.01. The van der Waals surface area contributed by atoms with Crippen LogP contribution in [0.3, 0.4) is 0 Å². The summed E-state index contributed by atoms with van der Waals surface area (Å²) in [6.07, 6.45) is 1.37. The molecular weight excluding hydrogens is 124 g/mol. The van der Waals surface area contributed by atoms with Gasteiger partial charge in [-0.15, -0.1) is 0 Å². The van der Waals surface area contributed by atoms with Crippen LogP contribution in [-0.4, -0.2) is 38.1 Å². The molecule has 0 radical (unpaired) electrons. The van der Waals surface area contributed by atoms with E-state index in [0.717, 1.165) is 12.6 Å². The lowest BCUT2D eigenvalue weighted by molar-refractivity contribution is 0.127. The zero-order chi connectivity index (χ0) is 7.98. The van der Waals surface area contributed by atoms with Crippen molar-refractivity contribution < 1.29 is 0 Å². The van der Waals surface area contributed by atoms with Gasteiger partial charge in [0.05, 0.1) is 0 Å². The standard InChI is InChI=1S/C6H14N2.C2H6/c1-7-5-6-3-4-8(6)2;1-2/h6-7H,3-5H2,1-2H3;1-2H3. The predicted molar refractivity (Wildman–Crippen MR) is 46.3 cm³/mol. The topological polar surface area (TPSA) is 15.3 Å². The van der Waals surface area contributed by atoms with Crippen molar-refractivity contribution in [3.05, 3.63) is 0 Å². The Balaban J connectivity index is 0.000000371. The van der Waals surface area contributed by atoms with E-state index < -0.39 is 0 Å². The monoisotopic (exact) mass is 144 g/mol. The Labute approximate surface area is 64.6 Å². The van der Waals surface area contributed by atoms with E-state index in [-0.39, 0.29) is 0 Å². The molecule has 1 fully saturated rings. The first kappa shape index (κ1) is 9.92. The fourth-order valence-electron chi connectivity index (χ4n) is 1.06. The quantitative estimate of drug-likeness (QED) is 0.620. The van der Waals surface area contributed by atoms with Gasteiger partial charge in [0.25, 0.3) is 0 Å². The molecule has 0 aliphatic carbocycles. The molecule has 1 aliphatic heterocycles. The molecule has 0 saturated carbocycles. The second-order valence-corrected chi connectivity index (χ2v) is 2.48. The summed E-state index contributed by atoms with van der Waals surface area (Å²) in [5, 5.41) is 3.16. The smallest absolute Gasteiger partial charge is 0.0229 e. The first-order valence-electron chi connectivity index (χ1n) is 4.19. The van der Waals surface area contributed by atoms with Crippen molar-refractivity contribution in [3.8, 4) is 0 Å². The molecule has 1 saturated heterocycles. The number of hydrogen-bond donors (Lipinski definition) is 1. The highest BCUT2D eigenvalue weighted by Crippen LogP contribution is 2.11. The Morgan fingerprint density at radius 1 is 1.50 bits per heavy atom. The van der Waals surface area contributed by atoms with Gasteiger partial charge in [-0.3, -0.25) is 0 Å². The van der Waals surface area contributed by atoms with Gasteiger partial charge in [0, 0.05) is 12.6 Å². The minimum absolute atomic E-state index is 0.819. The van der Waals surface area contributed by atoms with E-state index in [9.17, 15) is 0 Å². The first-order valence-corrected chi connectivity index (χ1v) is 4.19. The lowest BCUT2D eigenvalue weighted by atomic mass is 10.1. The second-order valence-electron chi connectivity index (χ2n) is 2.48. The van der Waals surface area contributed by atoms with Gasteiger partial charge in [0.1, 0.15) is 0 Å². The van der Waals surface area contributed by atoms with Crippen molar-refractivity contribution in [1.82, 2.24) is 10.2 Å². The lowest BCUT2D eigenvalue weighted by Gasteiger charge is -2.37. The van der Waals surface area contributed by atoms with Crippen LogP contribution in [0.2, 0.25) is 0 Å². The number of likely N-dealkylation sites (N-methyl/N-ethyl adjacent to an activating group) is 2. The Kier molecular flexibility index (Phi) is 5.64. The summed E-state index contributed by atoms with van der Waals surface area (Å²) in [5.74, 6) is 0. The summed E-state index contributed by atoms with van der Waals surface area (Å²) in [5.41, 5.74) is 0. The number of rotatable bonds is 2. The van der Waals surface area contributed by atoms with Gasteiger partial charge in [-0.1, -0.05) is 13.8 Å². The summed E-state index contributed by atoms with van der Waals surface area (Å²) < 4.78 is 0. The lowest BCUT2D eigenvalue weighted by Crippen LogP contribution is -2.49. The molecule has 62 valence electrons. The van der Waals surface area contributed by atoms with Gasteiger partial charge in [-0.2, -0.15) is 0 Å². The van der Waals surface area contributed by atoms with E-state index in [2.05, 4.69) is 17.3 Å². The Bertz CT molecular complexity index is 73.7. The highest BCUT2D eigenvalue weighted by atomic mass is 15.2. The molecule has 1 atom stereocenters. The van der Waals surface area contributed by atoms with E-state index in [1.807, 2.05) is 20.9 Å². The molecular formula is C8H20N2. The van der Waals surface area contributed by atoms with Crippen molar-refractivity contribution in [2.24, 2.45) is 0 Å². The Morgan fingerprint density at radius 3 is 2.20 bits per heavy atom. The molecule has 1 heterocycles. The maximum Gasteiger partial charge on any atom is 0.0229 e. The highest BCUT2D eigenvalue weighted by Gasteiger charge is 2.22. The van der Waals surface area contributed by atoms with Crippen LogP contribution in [0.1, 0.15) is 20.3 Å². The van der Waals surface area contributed by atoms with Crippen LogP contribution in [0, 0.1) is 0 Å². The van der Waals surface area contributed by atoms with E-state index in [1.165, 1.54) is 13.0 Å². The zero-order valence-electron chi connectivity index (χ0n) is 7.65. The summed E-state index contributed by atoms with van der Waals surface area (Å²) in [4.78, 5) is 2.37. The zero-order valence-corrected chi connectivity index (χ0v) is 7.65. The third-order valence-corrected chi connectivity index (χ3v) is 1.88. The van der Waals surface area contributed by atoms with E-state index >= 15 is 0 Å². The second kappa shape index (κ2) is 5.69.